The molecule has 0 spiro atoms. The average molecular weight is 440 g/mol. The molecule has 5 heteroatoms. The van der Waals surface area contributed by atoms with Crippen LogP contribution in [0.25, 0.3) is 11.0 Å². The molecule has 1 N–H and O–H groups in total. The predicted octanol–water partition coefficient (Wildman–Crippen LogP) is 7.67. The lowest BCUT2D eigenvalue weighted by atomic mass is 10.1. The lowest BCUT2D eigenvalue weighted by Gasteiger charge is -2.42. The molecule has 30 heavy (non-hydrogen) atoms. The molecule has 0 radical (unpaired) electrons. The molecule has 3 aromatic rings. The van der Waals surface area contributed by atoms with Crippen molar-refractivity contribution in [1.82, 2.24) is 0 Å². The second kappa shape index (κ2) is 9.44. The lowest BCUT2D eigenvalue weighted by Crippen LogP contribution is -2.40. The number of benzene rings is 2. The predicted molar refractivity (Wildman–Crippen MR) is 133 cm³/mol. The molecule has 0 aliphatic rings. The van der Waals surface area contributed by atoms with Crippen LogP contribution >= 0.6 is 11.2 Å². The summed E-state index contributed by atoms with van der Waals surface area (Å²) in [4.78, 5) is 14.4. The normalized spacial score (nSPS) is 12.3. The first-order chi connectivity index (χ1) is 14.3. The highest BCUT2D eigenvalue weighted by Gasteiger charge is 2.44. The van der Waals surface area contributed by atoms with Gasteiger partial charge in [0, 0.05) is 17.1 Å². The summed E-state index contributed by atoms with van der Waals surface area (Å²) in [6.45, 7) is 14.6. The van der Waals surface area contributed by atoms with Gasteiger partial charge < -0.3 is 9.73 Å². The molecular weight excluding hydrogens is 406 g/mol. The van der Waals surface area contributed by atoms with Crippen molar-refractivity contribution in [3.63, 3.8) is 0 Å². The molecule has 1 aromatic heterocycles. The highest BCUT2D eigenvalue weighted by atomic mass is 32.4. The standard InChI is InChI=1S/C25H33NO2SSi/c1-17(2)30(18(3)4,19(5)6)29-22-12-13-24-23(14-22)25(27)20(16-28-24)15-26-21-10-8-7-9-11-21/h7-14,16-19,26H,15H2,1-6H3. The van der Waals surface area contributed by atoms with Crippen molar-refractivity contribution < 1.29 is 4.42 Å². The van der Waals surface area contributed by atoms with Gasteiger partial charge in [0.1, 0.15) is 12.8 Å². The maximum absolute atomic E-state index is 13.2. The first-order valence-corrected chi connectivity index (χ1v) is 14.6. The van der Waals surface area contributed by atoms with Gasteiger partial charge in [0.05, 0.1) is 17.2 Å². The van der Waals surface area contributed by atoms with E-state index < -0.39 is 7.22 Å². The number of fused-ring (bicyclic) bond motifs is 1. The van der Waals surface area contributed by atoms with Crippen LogP contribution in [0.3, 0.4) is 0 Å². The van der Waals surface area contributed by atoms with E-state index in [1.54, 1.807) is 6.26 Å². The zero-order valence-corrected chi connectivity index (χ0v) is 20.7. The van der Waals surface area contributed by atoms with Crippen molar-refractivity contribution in [2.75, 3.05) is 5.32 Å². The molecule has 0 amide bonds. The molecule has 1 heterocycles. The minimum atomic E-state index is -1.67. The van der Waals surface area contributed by atoms with Crippen molar-refractivity contribution in [2.24, 2.45) is 0 Å². The summed E-state index contributed by atoms with van der Waals surface area (Å²) < 4.78 is 5.80. The SMILES string of the molecule is CC(C)[Si](Sc1ccc2occ(CNc3ccccc3)c(=O)c2c1)(C(C)C)C(C)C. The molecule has 0 unspecified atom stereocenters. The van der Waals surface area contributed by atoms with E-state index in [2.05, 4.69) is 52.9 Å². The topological polar surface area (TPSA) is 42.2 Å². The van der Waals surface area contributed by atoms with Gasteiger partial charge in [0.15, 0.2) is 5.43 Å². The maximum Gasteiger partial charge on any atom is 0.197 e. The maximum atomic E-state index is 13.2. The number of anilines is 1. The van der Waals surface area contributed by atoms with Crippen LogP contribution in [-0.2, 0) is 6.54 Å². The Morgan fingerprint density at radius 1 is 0.933 bits per heavy atom. The molecule has 160 valence electrons. The average Bonchev–Trinajstić information content (AvgIpc) is 2.71. The highest BCUT2D eigenvalue weighted by Crippen LogP contribution is 2.52. The van der Waals surface area contributed by atoms with E-state index in [-0.39, 0.29) is 5.43 Å². The molecule has 3 nitrogen and oxygen atoms in total. The van der Waals surface area contributed by atoms with Gasteiger partial charge in [-0.05, 0) is 47.0 Å². The fourth-order valence-corrected chi connectivity index (χ4v) is 13.8. The van der Waals surface area contributed by atoms with E-state index in [4.69, 9.17) is 4.42 Å². The van der Waals surface area contributed by atoms with Crippen LogP contribution in [0.15, 0.2) is 68.9 Å². The van der Waals surface area contributed by atoms with Gasteiger partial charge in [0.25, 0.3) is 0 Å². The summed E-state index contributed by atoms with van der Waals surface area (Å²) in [6, 6.07) is 16.0. The van der Waals surface area contributed by atoms with Crippen LogP contribution in [-0.4, -0.2) is 7.22 Å². The molecule has 0 saturated heterocycles. The smallest absolute Gasteiger partial charge is 0.197 e. The van der Waals surface area contributed by atoms with Crippen molar-refractivity contribution in [3.8, 4) is 0 Å². The lowest BCUT2D eigenvalue weighted by molar-refractivity contribution is 0.594. The molecule has 0 bridgehead atoms. The van der Waals surface area contributed by atoms with Crippen LogP contribution in [0.4, 0.5) is 5.69 Å². The van der Waals surface area contributed by atoms with Crippen LogP contribution < -0.4 is 10.7 Å². The summed E-state index contributed by atoms with van der Waals surface area (Å²) >= 11 is 2.04. The molecule has 3 rings (SSSR count). The molecule has 0 aliphatic carbocycles. The number of hydrogen-bond acceptors (Lipinski definition) is 4. The Morgan fingerprint density at radius 2 is 1.57 bits per heavy atom. The minimum Gasteiger partial charge on any atom is -0.464 e. The highest BCUT2D eigenvalue weighted by molar-refractivity contribution is 8.29. The Balaban J connectivity index is 1.94. The zero-order chi connectivity index (χ0) is 21.9. The third-order valence-corrected chi connectivity index (χ3v) is 18.3. The molecule has 2 aromatic carbocycles. The Labute approximate surface area is 184 Å². The van der Waals surface area contributed by atoms with Crippen LogP contribution in [0, 0.1) is 0 Å². The van der Waals surface area contributed by atoms with Crippen molar-refractivity contribution in [2.45, 2.75) is 69.6 Å². The van der Waals surface area contributed by atoms with Gasteiger partial charge in [-0.3, -0.25) is 4.79 Å². The quantitative estimate of drug-likeness (QED) is 0.366. The Hall–Kier alpha value is -1.98. The third-order valence-electron chi connectivity index (χ3n) is 6.07. The van der Waals surface area contributed by atoms with Crippen LogP contribution in [0.2, 0.25) is 16.6 Å². The Morgan fingerprint density at radius 3 is 2.17 bits per heavy atom. The van der Waals surface area contributed by atoms with Gasteiger partial charge in [0.2, 0.25) is 0 Å². The summed E-state index contributed by atoms with van der Waals surface area (Å²) in [5.41, 5.74) is 4.28. The van der Waals surface area contributed by atoms with E-state index >= 15 is 0 Å². The monoisotopic (exact) mass is 439 g/mol. The number of rotatable bonds is 8. The van der Waals surface area contributed by atoms with Crippen molar-refractivity contribution in [3.05, 3.63) is 70.6 Å². The Bertz CT molecular complexity index is 1020. The first kappa shape index (κ1) is 22.7. The van der Waals surface area contributed by atoms with Crippen LogP contribution in [0.5, 0.6) is 0 Å². The second-order valence-corrected chi connectivity index (χ2v) is 17.5. The molecule has 0 aliphatic heterocycles. The van der Waals surface area contributed by atoms with Gasteiger partial charge in [-0.1, -0.05) is 59.7 Å². The van der Waals surface area contributed by atoms with Gasteiger partial charge in [-0.2, -0.15) is 11.2 Å². The number of nitrogens with one attached hydrogen (secondary N) is 1. The fourth-order valence-electron chi connectivity index (χ4n) is 4.65. The summed E-state index contributed by atoms with van der Waals surface area (Å²) in [6.07, 6.45) is 1.59. The number of para-hydroxylation sites is 1. The van der Waals surface area contributed by atoms with Gasteiger partial charge in [-0.15, -0.1) is 0 Å². The zero-order valence-electron chi connectivity index (χ0n) is 18.9. The van der Waals surface area contributed by atoms with E-state index in [1.165, 1.54) is 4.90 Å². The third kappa shape index (κ3) is 4.52. The van der Waals surface area contributed by atoms with E-state index in [1.807, 2.05) is 53.7 Å². The van der Waals surface area contributed by atoms with E-state index in [0.29, 0.717) is 39.7 Å². The van der Waals surface area contributed by atoms with E-state index in [9.17, 15) is 4.79 Å². The summed E-state index contributed by atoms with van der Waals surface area (Å²) in [7, 11) is -1.67. The molecule has 0 saturated carbocycles. The number of hydrogen-bond donors (Lipinski definition) is 1. The van der Waals surface area contributed by atoms with Crippen LogP contribution in [0.1, 0.15) is 47.1 Å². The Kier molecular flexibility index (Phi) is 7.14. The van der Waals surface area contributed by atoms with Crippen molar-refractivity contribution >= 4 is 35.1 Å². The van der Waals surface area contributed by atoms with E-state index in [0.717, 1.165) is 5.69 Å². The molecule has 0 atom stereocenters. The molecule has 0 fully saturated rings. The summed E-state index contributed by atoms with van der Waals surface area (Å²) in [5, 5.41) is 3.98. The second-order valence-electron chi connectivity index (χ2n) is 8.89. The summed E-state index contributed by atoms with van der Waals surface area (Å²) in [5.74, 6) is 0. The van der Waals surface area contributed by atoms with Gasteiger partial charge >= 0.3 is 0 Å². The van der Waals surface area contributed by atoms with Crippen molar-refractivity contribution in [1.29, 1.82) is 0 Å². The minimum absolute atomic E-state index is 0.0491. The fraction of sp³-hybridized carbons (Fsp3) is 0.400. The molecular formula is C25H33NO2SSi. The largest absolute Gasteiger partial charge is 0.464 e. The van der Waals surface area contributed by atoms with Gasteiger partial charge in [-0.25, -0.2) is 0 Å². The first-order valence-electron chi connectivity index (χ1n) is 10.8.